The lowest BCUT2D eigenvalue weighted by atomic mass is 9.61. The summed E-state index contributed by atoms with van der Waals surface area (Å²) in [6, 6.07) is 8.12. The Balaban J connectivity index is 1.43. The number of allylic oxidation sites excluding steroid dienone is 3. The van der Waals surface area contributed by atoms with Crippen LogP contribution < -0.4 is 0 Å². The molecule has 0 aliphatic heterocycles. The van der Waals surface area contributed by atoms with Gasteiger partial charge in [-0.15, -0.1) is 0 Å². The fraction of sp³-hybridized carbons (Fsp3) is 0.600. The molecule has 0 amide bonds. The molecule has 2 N–H and O–H groups in total. The largest absolute Gasteiger partial charge is 0.393 e. The van der Waals surface area contributed by atoms with Crippen LogP contribution in [0.25, 0.3) is 0 Å². The van der Waals surface area contributed by atoms with Gasteiger partial charge < -0.3 is 10.2 Å². The molecule has 1 aromatic rings. The molecular formula is C30H42O3S. The van der Waals surface area contributed by atoms with Crippen LogP contribution in [0.1, 0.15) is 70.8 Å². The summed E-state index contributed by atoms with van der Waals surface area (Å²) < 4.78 is 12.9. The molecule has 0 aromatic heterocycles. The topological polar surface area (TPSA) is 57.5 Å². The van der Waals surface area contributed by atoms with Crippen LogP contribution in [-0.4, -0.2) is 32.4 Å². The molecular weight excluding hydrogens is 440 g/mol. The first kappa shape index (κ1) is 25.6. The number of aliphatic hydroxyl groups excluding tert-OH is 2. The Morgan fingerprint density at radius 1 is 1.21 bits per heavy atom. The van der Waals surface area contributed by atoms with Gasteiger partial charge in [0.1, 0.15) is 0 Å². The van der Waals surface area contributed by atoms with Crippen molar-refractivity contribution in [2.75, 3.05) is 5.75 Å². The van der Waals surface area contributed by atoms with Crippen LogP contribution >= 0.6 is 0 Å². The average Bonchev–Trinajstić information content (AvgIpc) is 3.16. The Morgan fingerprint density at radius 3 is 2.68 bits per heavy atom. The van der Waals surface area contributed by atoms with Crippen molar-refractivity contribution in [3.05, 3.63) is 65.3 Å². The Bertz CT molecular complexity index is 975. The van der Waals surface area contributed by atoms with Gasteiger partial charge in [-0.2, -0.15) is 0 Å². The maximum Gasteiger partial charge on any atom is 0.0811 e. The molecule has 0 heterocycles. The molecule has 4 heteroatoms. The van der Waals surface area contributed by atoms with Gasteiger partial charge in [-0.3, -0.25) is 4.21 Å². The lowest BCUT2D eigenvalue weighted by Crippen LogP contribution is -2.36. The monoisotopic (exact) mass is 482 g/mol. The predicted molar refractivity (Wildman–Crippen MR) is 141 cm³/mol. The maximum atomic E-state index is 12.9. The first-order valence-corrected chi connectivity index (χ1v) is 14.4. The van der Waals surface area contributed by atoms with E-state index in [-0.39, 0.29) is 0 Å². The van der Waals surface area contributed by atoms with Gasteiger partial charge in [0.2, 0.25) is 0 Å². The van der Waals surface area contributed by atoms with Gasteiger partial charge in [0.05, 0.1) is 23.0 Å². The second kappa shape index (κ2) is 10.6. The summed E-state index contributed by atoms with van der Waals surface area (Å²) in [6.07, 6.45) is 11.4. The molecule has 3 fully saturated rings. The molecule has 3 aliphatic rings. The average molecular weight is 483 g/mol. The molecule has 186 valence electrons. The van der Waals surface area contributed by atoms with E-state index in [4.69, 9.17) is 0 Å². The summed E-state index contributed by atoms with van der Waals surface area (Å²) in [5.74, 6) is 2.56. The number of benzene rings is 1. The molecule has 3 nitrogen and oxygen atoms in total. The highest BCUT2D eigenvalue weighted by Gasteiger charge is 2.50. The highest BCUT2D eigenvalue weighted by molar-refractivity contribution is 7.85. The van der Waals surface area contributed by atoms with Crippen LogP contribution in [0.5, 0.6) is 0 Å². The Morgan fingerprint density at radius 2 is 1.94 bits per heavy atom. The Hall–Kier alpha value is -1.49. The van der Waals surface area contributed by atoms with Crippen molar-refractivity contribution >= 4 is 10.8 Å². The van der Waals surface area contributed by atoms with Crippen molar-refractivity contribution in [1.82, 2.24) is 0 Å². The van der Waals surface area contributed by atoms with Crippen LogP contribution in [0.4, 0.5) is 0 Å². The van der Waals surface area contributed by atoms with Gasteiger partial charge in [-0.05, 0) is 98.3 Å². The molecule has 34 heavy (non-hydrogen) atoms. The summed E-state index contributed by atoms with van der Waals surface area (Å²) in [5, 5.41) is 20.3. The molecule has 0 saturated heterocycles. The molecule has 7 atom stereocenters. The van der Waals surface area contributed by atoms with E-state index in [2.05, 4.69) is 51.6 Å². The third-order valence-corrected chi connectivity index (χ3v) is 10.4. The van der Waals surface area contributed by atoms with E-state index in [0.29, 0.717) is 36.0 Å². The first-order chi connectivity index (χ1) is 16.2. The Kier molecular flexibility index (Phi) is 8.01. The maximum absolute atomic E-state index is 12.9. The number of rotatable bonds is 6. The summed E-state index contributed by atoms with van der Waals surface area (Å²) in [6.45, 7) is 11.0. The van der Waals surface area contributed by atoms with Crippen LogP contribution in [-0.2, 0) is 10.8 Å². The van der Waals surface area contributed by atoms with E-state index in [1.165, 1.54) is 36.8 Å². The van der Waals surface area contributed by atoms with Crippen molar-refractivity contribution in [1.29, 1.82) is 0 Å². The number of fused-ring (bicyclic) bond motifs is 1. The zero-order valence-corrected chi connectivity index (χ0v) is 21.9. The smallest absolute Gasteiger partial charge is 0.0811 e. The van der Waals surface area contributed by atoms with E-state index >= 15 is 0 Å². The molecule has 4 rings (SSSR count). The van der Waals surface area contributed by atoms with Gasteiger partial charge >= 0.3 is 0 Å². The second-order valence-electron chi connectivity index (χ2n) is 11.3. The minimum Gasteiger partial charge on any atom is -0.393 e. The fourth-order valence-corrected chi connectivity index (χ4v) is 8.24. The SMILES string of the molecule is C=C1C(=CC=C2CCC[C@]3(C)[C@@H]([C@H](C)CCS(=O)c4ccc(C)cc4)CC[C@@H]23)C[C@H](O)C[C@H]1O. The quantitative estimate of drug-likeness (QED) is 0.502. The van der Waals surface area contributed by atoms with Crippen molar-refractivity contribution in [2.24, 2.45) is 23.2 Å². The summed E-state index contributed by atoms with van der Waals surface area (Å²) in [4.78, 5) is 0.948. The third-order valence-electron chi connectivity index (χ3n) is 9.03. The first-order valence-electron chi connectivity index (χ1n) is 13.1. The minimum atomic E-state index is -0.926. The van der Waals surface area contributed by atoms with Gasteiger partial charge in [0.25, 0.3) is 0 Å². The number of aryl methyl sites for hydroxylation is 1. The van der Waals surface area contributed by atoms with Gasteiger partial charge in [0, 0.05) is 17.1 Å². The molecule has 0 spiro atoms. The fourth-order valence-electron chi connectivity index (χ4n) is 6.98. The second-order valence-corrected chi connectivity index (χ2v) is 12.9. The van der Waals surface area contributed by atoms with Crippen LogP contribution in [0.2, 0.25) is 0 Å². The third kappa shape index (κ3) is 5.34. The summed E-state index contributed by atoms with van der Waals surface area (Å²) in [7, 11) is -0.926. The van der Waals surface area contributed by atoms with Crippen molar-refractivity contribution in [2.45, 2.75) is 89.2 Å². The number of hydrogen-bond donors (Lipinski definition) is 2. The van der Waals surface area contributed by atoms with Crippen LogP contribution in [0.15, 0.2) is 64.6 Å². The molecule has 3 saturated carbocycles. The zero-order valence-electron chi connectivity index (χ0n) is 21.1. The minimum absolute atomic E-state index is 0.302. The normalized spacial score (nSPS) is 36.0. The standard InChI is InChI=1S/C30H42O3S/c1-20-7-11-26(12-8-20)34(33)17-15-21(2)27-13-14-28-23(6-5-16-30(27,28)4)9-10-24-18-25(31)19-29(32)22(24)3/h7-12,21,25,27-29,31-32H,3,5-6,13-19H2,1-2,4H3/t21-,25+,27-,28+,29-,30-,34?/m1/s1. The molecule has 1 aromatic carbocycles. The lowest BCUT2D eigenvalue weighted by Gasteiger charge is -2.44. The summed E-state index contributed by atoms with van der Waals surface area (Å²) in [5.41, 5.74) is 4.79. The highest BCUT2D eigenvalue weighted by atomic mass is 32.2. The lowest BCUT2D eigenvalue weighted by molar-refractivity contribution is 0.0861. The number of aliphatic hydroxyl groups is 2. The van der Waals surface area contributed by atoms with Gasteiger partial charge in [0.15, 0.2) is 0 Å². The highest BCUT2D eigenvalue weighted by Crippen LogP contribution is 2.59. The van der Waals surface area contributed by atoms with Crippen molar-refractivity contribution in [3.63, 3.8) is 0 Å². The van der Waals surface area contributed by atoms with E-state index in [1.54, 1.807) is 0 Å². The molecule has 1 unspecified atom stereocenters. The van der Waals surface area contributed by atoms with Gasteiger partial charge in [-0.25, -0.2) is 0 Å². The zero-order chi connectivity index (χ0) is 24.5. The number of hydrogen-bond acceptors (Lipinski definition) is 3. The van der Waals surface area contributed by atoms with E-state index in [1.807, 2.05) is 12.1 Å². The molecule has 3 aliphatic carbocycles. The van der Waals surface area contributed by atoms with Crippen molar-refractivity contribution < 1.29 is 14.4 Å². The van der Waals surface area contributed by atoms with Crippen molar-refractivity contribution in [3.8, 4) is 0 Å². The van der Waals surface area contributed by atoms with Gasteiger partial charge in [-0.1, -0.05) is 55.8 Å². The van der Waals surface area contributed by atoms with E-state index in [0.717, 1.165) is 34.6 Å². The van der Waals surface area contributed by atoms with Crippen LogP contribution in [0.3, 0.4) is 0 Å². The predicted octanol–water partition coefficient (Wildman–Crippen LogP) is 6.27. The van der Waals surface area contributed by atoms with E-state index in [9.17, 15) is 14.4 Å². The van der Waals surface area contributed by atoms with E-state index < -0.39 is 23.0 Å². The molecule has 0 bridgehead atoms. The summed E-state index contributed by atoms with van der Waals surface area (Å²) >= 11 is 0. The van der Waals surface area contributed by atoms with Crippen LogP contribution in [0, 0.1) is 30.1 Å². The Labute approximate surface area is 208 Å². The molecule has 0 radical (unpaired) electrons.